The highest BCUT2D eigenvalue weighted by Gasteiger charge is 2.28. The van der Waals surface area contributed by atoms with Gasteiger partial charge in [0, 0.05) is 24.6 Å². The van der Waals surface area contributed by atoms with Gasteiger partial charge >= 0.3 is 5.69 Å². The highest BCUT2D eigenvalue weighted by Crippen LogP contribution is 2.27. The second-order valence-electron chi connectivity index (χ2n) is 4.51. The number of carbonyl (C=O) groups excluding carboxylic acids is 1. The van der Waals surface area contributed by atoms with Gasteiger partial charge in [-0.15, -0.1) is 6.58 Å². The number of hydrogen-bond donors (Lipinski definition) is 2. The molecule has 18 heavy (non-hydrogen) atoms. The molecule has 2 heterocycles. The van der Waals surface area contributed by atoms with E-state index >= 15 is 0 Å². The van der Waals surface area contributed by atoms with Gasteiger partial charge in [0.25, 0.3) is 0 Å². The van der Waals surface area contributed by atoms with Crippen molar-refractivity contribution in [2.24, 2.45) is 5.92 Å². The van der Waals surface area contributed by atoms with Crippen molar-refractivity contribution < 1.29 is 4.79 Å². The number of imidazole rings is 1. The molecule has 1 aliphatic heterocycles. The molecule has 1 aromatic carbocycles. The van der Waals surface area contributed by atoms with E-state index in [4.69, 9.17) is 0 Å². The predicted octanol–water partition coefficient (Wildman–Crippen LogP) is 1.40. The number of aromatic nitrogens is 2. The minimum absolute atomic E-state index is 0.0946. The fraction of sp³-hybridized carbons (Fsp3) is 0.231. The van der Waals surface area contributed by atoms with Crippen LogP contribution in [0.1, 0.15) is 6.42 Å². The molecule has 1 aromatic heterocycles. The lowest BCUT2D eigenvalue weighted by Crippen LogP contribution is -2.24. The van der Waals surface area contributed by atoms with Crippen molar-refractivity contribution in [2.75, 3.05) is 11.4 Å². The molecule has 1 amide bonds. The molecule has 0 bridgehead atoms. The van der Waals surface area contributed by atoms with Gasteiger partial charge < -0.3 is 14.9 Å². The molecule has 1 aliphatic rings. The number of carbonyl (C=O) groups is 1. The molecule has 92 valence electrons. The lowest BCUT2D eigenvalue weighted by molar-refractivity contribution is -0.117. The molecular formula is C13H13N3O2. The Morgan fingerprint density at radius 1 is 1.28 bits per heavy atom. The summed E-state index contributed by atoms with van der Waals surface area (Å²) in [5, 5.41) is 0. The van der Waals surface area contributed by atoms with Crippen molar-refractivity contribution in [3.8, 4) is 0 Å². The van der Waals surface area contributed by atoms with Crippen LogP contribution in [0, 0.1) is 5.92 Å². The van der Waals surface area contributed by atoms with Gasteiger partial charge in [-0.3, -0.25) is 4.79 Å². The number of aromatic amines is 2. The van der Waals surface area contributed by atoms with E-state index in [1.165, 1.54) is 0 Å². The zero-order valence-electron chi connectivity index (χ0n) is 9.77. The number of amides is 1. The average molecular weight is 243 g/mol. The lowest BCUT2D eigenvalue weighted by Gasteiger charge is -2.16. The summed E-state index contributed by atoms with van der Waals surface area (Å²) in [6.07, 6.45) is 2.32. The van der Waals surface area contributed by atoms with E-state index in [-0.39, 0.29) is 17.5 Å². The Morgan fingerprint density at radius 3 is 2.78 bits per heavy atom. The third-order valence-corrected chi connectivity index (χ3v) is 3.30. The third kappa shape index (κ3) is 1.64. The third-order valence-electron chi connectivity index (χ3n) is 3.30. The Bertz CT molecular complexity index is 683. The first kappa shape index (κ1) is 10.8. The number of rotatable bonds is 2. The molecule has 0 radical (unpaired) electrons. The van der Waals surface area contributed by atoms with Crippen LogP contribution in [0.15, 0.2) is 35.6 Å². The molecule has 3 rings (SSSR count). The van der Waals surface area contributed by atoms with Gasteiger partial charge in [-0.25, -0.2) is 4.79 Å². The van der Waals surface area contributed by atoms with Crippen LogP contribution in [0.3, 0.4) is 0 Å². The summed E-state index contributed by atoms with van der Waals surface area (Å²) >= 11 is 0. The van der Waals surface area contributed by atoms with Gasteiger partial charge in [-0.1, -0.05) is 6.08 Å². The predicted molar refractivity (Wildman–Crippen MR) is 69.6 cm³/mol. The van der Waals surface area contributed by atoms with Gasteiger partial charge in [0.05, 0.1) is 11.0 Å². The molecule has 2 N–H and O–H groups in total. The van der Waals surface area contributed by atoms with Gasteiger partial charge in [-0.2, -0.15) is 0 Å². The molecule has 0 saturated carbocycles. The quantitative estimate of drug-likeness (QED) is 0.783. The Balaban J connectivity index is 2.01. The van der Waals surface area contributed by atoms with Gasteiger partial charge in [0.1, 0.15) is 0 Å². The van der Waals surface area contributed by atoms with Crippen LogP contribution in [0.5, 0.6) is 0 Å². The van der Waals surface area contributed by atoms with E-state index in [1.54, 1.807) is 11.0 Å². The highest BCUT2D eigenvalue weighted by atomic mass is 16.2. The van der Waals surface area contributed by atoms with E-state index in [0.29, 0.717) is 18.5 Å². The Labute approximate surface area is 103 Å². The molecule has 2 aromatic rings. The Kier molecular flexibility index (Phi) is 2.33. The van der Waals surface area contributed by atoms with Crippen molar-refractivity contribution in [1.29, 1.82) is 0 Å². The molecular weight excluding hydrogens is 230 g/mol. The first-order valence-corrected chi connectivity index (χ1v) is 5.82. The van der Waals surface area contributed by atoms with E-state index in [9.17, 15) is 9.59 Å². The fourth-order valence-electron chi connectivity index (χ4n) is 2.33. The number of nitrogens with one attached hydrogen (secondary N) is 2. The van der Waals surface area contributed by atoms with Crippen LogP contribution < -0.4 is 10.6 Å². The topological polar surface area (TPSA) is 69.0 Å². The maximum Gasteiger partial charge on any atom is 0.323 e. The van der Waals surface area contributed by atoms with Crippen LogP contribution in [0.25, 0.3) is 11.0 Å². The molecule has 1 saturated heterocycles. The van der Waals surface area contributed by atoms with E-state index < -0.39 is 0 Å². The lowest BCUT2D eigenvalue weighted by atomic mass is 10.1. The minimum Gasteiger partial charge on any atom is -0.312 e. The fourth-order valence-corrected chi connectivity index (χ4v) is 2.33. The number of H-pyrrole nitrogens is 2. The monoisotopic (exact) mass is 243 g/mol. The Morgan fingerprint density at radius 2 is 2.06 bits per heavy atom. The van der Waals surface area contributed by atoms with E-state index in [1.807, 2.05) is 18.2 Å². The van der Waals surface area contributed by atoms with Crippen molar-refractivity contribution in [3.63, 3.8) is 0 Å². The molecule has 0 aliphatic carbocycles. The SMILES string of the molecule is C=CC1CC(=O)N(c2ccc3[nH]c(=O)[nH]c3c2)C1. The van der Waals surface area contributed by atoms with Crippen LogP contribution in [0.2, 0.25) is 0 Å². The van der Waals surface area contributed by atoms with Crippen LogP contribution in [0.4, 0.5) is 5.69 Å². The number of hydrogen-bond acceptors (Lipinski definition) is 2. The van der Waals surface area contributed by atoms with E-state index in [2.05, 4.69) is 16.5 Å². The molecule has 5 heteroatoms. The standard InChI is InChI=1S/C13H13N3O2/c1-2-8-5-12(17)16(7-8)9-3-4-10-11(6-9)15-13(18)14-10/h2-4,6,8H,1,5,7H2,(H2,14,15,18). The van der Waals surface area contributed by atoms with Crippen molar-refractivity contribution in [2.45, 2.75) is 6.42 Å². The largest absolute Gasteiger partial charge is 0.323 e. The second kappa shape index (κ2) is 3.87. The smallest absolute Gasteiger partial charge is 0.312 e. The zero-order chi connectivity index (χ0) is 12.7. The Hall–Kier alpha value is -2.30. The maximum absolute atomic E-state index is 11.9. The summed E-state index contributed by atoms with van der Waals surface area (Å²) < 4.78 is 0. The van der Waals surface area contributed by atoms with Crippen molar-refractivity contribution >= 4 is 22.6 Å². The second-order valence-corrected chi connectivity index (χ2v) is 4.51. The summed E-state index contributed by atoms with van der Waals surface area (Å²) in [5.74, 6) is 0.301. The molecule has 5 nitrogen and oxygen atoms in total. The maximum atomic E-state index is 11.9. The van der Waals surface area contributed by atoms with Crippen LogP contribution in [-0.2, 0) is 4.79 Å². The van der Waals surface area contributed by atoms with Crippen LogP contribution in [-0.4, -0.2) is 22.4 Å². The summed E-state index contributed by atoms with van der Waals surface area (Å²) in [5.41, 5.74) is 2.04. The summed E-state index contributed by atoms with van der Waals surface area (Å²) in [7, 11) is 0. The number of nitrogens with zero attached hydrogens (tertiary/aromatic N) is 1. The van der Waals surface area contributed by atoms with Gasteiger partial charge in [0.2, 0.25) is 5.91 Å². The summed E-state index contributed by atoms with van der Waals surface area (Å²) in [6.45, 7) is 4.38. The van der Waals surface area contributed by atoms with Crippen molar-refractivity contribution in [3.05, 3.63) is 41.3 Å². The first-order valence-electron chi connectivity index (χ1n) is 5.82. The number of anilines is 1. The minimum atomic E-state index is -0.237. The summed E-state index contributed by atoms with van der Waals surface area (Å²) in [6, 6.07) is 5.46. The molecule has 1 fully saturated rings. The van der Waals surface area contributed by atoms with Crippen molar-refractivity contribution in [1.82, 2.24) is 9.97 Å². The highest BCUT2D eigenvalue weighted by molar-refractivity contribution is 5.97. The molecule has 1 atom stereocenters. The van der Waals surface area contributed by atoms with Gasteiger partial charge in [-0.05, 0) is 18.2 Å². The summed E-state index contributed by atoms with van der Waals surface area (Å²) in [4.78, 5) is 30.2. The van der Waals surface area contributed by atoms with Gasteiger partial charge in [0.15, 0.2) is 0 Å². The number of benzene rings is 1. The zero-order valence-corrected chi connectivity index (χ0v) is 9.77. The van der Waals surface area contributed by atoms with Crippen LogP contribution >= 0.6 is 0 Å². The normalized spacial score (nSPS) is 19.7. The number of fused-ring (bicyclic) bond motifs is 1. The average Bonchev–Trinajstić information content (AvgIpc) is 2.89. The molecule has 1 unspecified atom stereocenters. The molecule has 0 spiro atoms. The first-order chi connectivity index (χ1) is 8.67. The van der Waals surface area contributed by atoms with E-state index in [0.717, 1.165) is 11.2 Å².